The van der Waals surface area contributed by atoms with Crippen molar-refractivity contribution in [3.8, 4) is 0 Å². The van der Waals surface area contributed by atoms with Crippen molar-refractivity contribution in [2.24, 2.45) is 5.41 Å². The fraction of sp³-hybridized carbons (Fsp3) is 0.471. The molecule has 1 aliphatic carbocycles. The maximum absolute atomic E-state index is 4.25. The van der Waals surface area contributed by atoms with E-state index in [1.54, 1.807) is 12.4 Å². The van der Waals surface area contributed by atoms with Gasteiger partial charge in [0.05, 0.1) is 0 Å². The van der Waals surface area contributed by atoms with Crippen LogP contribution in [0.3, 0.4) is 0 Å². The van der Waals surface area contributed by atoms with Crippen molar-refractivity contribution in [2.75, 3.05) is 18.4 Å². The highest BCUT2D eigenvalue weighted by Gasteiger charge is 2.48. The van der Waals surface area contributed by atoms with Crippen molar-refractivity contribution >= 4 is 5.95 Å². The van der Waals surface area contributed by atoms with Crippen LogP contribution in [0.4, 0.5) is 5.95 Å². The second-order valence-corrected chi connectivity index (χ2v) is 6.64. The summed E-state index contributed by atoms with van der Waals surface area (Å²) < 4.78 is 0. The topological polar surface area (TPSA) is 53.9 Å². The molecule has 0 radical (unpaired) electrons. The van der Waals surface area contributed by atoms with Gasteiger partial charge in [-0.15, -0.1) is 0 Å². The molecule has 0 atom stereocenters. The Balaban J connectivity index is 1.29. The smallest absolute Gasteiger partial charge is 0.222 e. The maximum Gasteiger partial charge on any atom is 0.222 e. The van der Waals surface area contributed by atoms with Crippen LogP contribution in [0, 0.1) is 5.41 Å². The summed E-state index contributed by atoms with van der Waals surface area (Å²) in [6.07, 6.45) is 11.2. The van der Waals surface area contributed by atoms with Crippen LogP contribution >= 0.6 is 0 Å². The molecule has 5 heteroatoms. The van der Waals surface area contributed by atoms with Gasteiger partial charge in [0, 0.05) is 43.9 Å². The molecule has 0 amide bonds. The minimum absolute atomic E-state index is 0.509. The first kappa shape index (κ1) is 13.6. The summed E-state index contributed by atoms with van der Waals surface area (Å²) in [6, 6.07) is 6.56. The van der Waals surface area contributed by atoms with Gasteiger partial charge in [-0.3, -0.25) is 9.88 Å². The summed E-state index contributed by atoms with van der Waals surface area (Å²) in [6.45, 7) is 3.43. The van der Waals surface area contributed by atoms with Gasteiger partial charge in [0.2, 0.25) is 5.95 Å². The number of hydrogen-bond donors (Lipinski definition) is 1. The van der Waals surface area contributed by atoms with Crippen molar-refractivity contribution in [3.63, 3.8) is 0 Å². The van der Waals surface area contributed by atoms with Crippen LogP contribution < -0.4 is 5.32 Å². The lowest BCUT2D eigenvalue weighted by Gasteiger charge is -2.45. The highest BCUT2D eigenvalue weighted by atomic mass is 15.2. The molecule has 2 aromatic heterocycles. The Morgan fingerprint density at radius 2 is 2.05 bits per heavy atom. The average Bonchev–Trinajstić information content (AvgIpc) is 2.93. The molecular formula is C17H21N5. The van der Waals surface area contributed by atoms with E-state index in [-0.39, 0.29) is 0 Å². The van der Waals surface area contributed by atoms with E-state index < -0.39 is 0 Å². The number of rotatable bonds is 4. The Bertz CT molecular complexity index is 609. The first-order chi connectivity index (χ1) is 10.8. The summed E-state index contributed by atoms with van der Waals surface area (Å²) in [7, 11) is 0. The molecule has 4 rings (SSSR count). The Morgan fingerprint density at radius 3 is 2.82 bits per heavy atom. The third kappa shape index (κ3) is 2.81. The Morgan fingerprint density at radius 1 is 1.18 bits per heavy atom. The number of anilines is 1. The molecule has 2 aliphatic rings. The van der Waals surface area contributed by atoms with Crippen molar-refractivity contribution in [2.45, 2.75) is 31.8 Å². The monoisotopic (exact) mass is 295 g/mol. The van der Waals surface area contributed by atoms with Gasteiger partial charge in [-0.2, -0.15) is 0 Å². The molecule has 1 N–H and O–H groups in total. The van der Waals surface area contributed by atoms with E-state index in [1.807, 2.05) is 24.5 Å². The van der Waals surface area contributed by atoms with Gasteiger partial charge in [-0.25, -0.2) is 9.97 Å². The minimum Gasteiger partial charge on any atom is -0.351 e. The van der Waals surface area contributed by atoms with E-state index in [1.165, 1.54) is 37.9 Å². The Kier molecular flexibility index (Phi) is 3.50. The van der Waals surface area contributed by atoms with E-state index in [0.29, 0.717) is 11.5 Å². The number of nitrogens with one attached hydrogen (secondary N) is 1. The second kappa shape index (κ2) is 5.65. The molecule has 1 saturated carbocycles. The van der Waals surface area contributed by atoms with E-state index in [4.69, 9.17) is 0 Å². The summed E-state index contributed by atoms with van der Waals surface area (Å²) in [5.74, 6) is 0.757. The highest BCUT2D eigenvalue weighted by Crippen LogP contribution is 2.49. The second-order valence-electron chi connectivity index (χ2n) is 6.64. The number of nitrogens with zero attached hydrogens (tertiary/aromatic N) is 4. The third-order valence-electron chi connectivity index (χ3n) is 4.90. The maximum atomic E-state index is 4.25. The van der Waals surface area contributed by atoms with Crippen LogP contribution in [0.15, 0.2) is 43.0 Å². The molecule has 22 heavy (non-hydrogen) atoms. The van der Waals surface area contributed by atoms with Gasteiger partial charge >= 0.3 is 0 Å². The lowest BCUT2D eigenvalue weighted by atomic mass is 9.65. The number of pyridine rings is 1. The van der Waals surface area contributed by atoms with E-state index in [0.717, 1.165) is 12.5 Å². The van der Waals surface area contributed by atoms with Crippen molar-refractivity contribution < 1.29 is 0 Å². The van der Waals surface area contributed by atoms with E-state index in [2.05, 4.69) is 31.2 Å². The number of aromatic nitrogens is 3. The first-order valence-electron chi connectivity index (χ1n) is 7.96. The summed E-state index contributed by atoms with van der Waals surface area (Å²) >= 11 is 0. The molecule has 2 fully saturated rings. The molecule has 5 nitrogen and oxygen atoms in total. The largest absolute Gasteiger partial charge is 0.351 e. The fourth-order valence-corrected chi connectivity index (χ4v) is 3.89. The van der Waals surface area contributed by atoms with Crippen LogP contribution in [0.1, 0.15) is 24.8 Å². The predicted octanol–water partition coefficient (Wildman–Crippen LogP) is 2.34. The first-order valence-corrected chi connectivity index (χ1v) is 7.96. The SMILES string of the molecule is c1cnc(NC2CC3(CCN(Cc4cccnc4)C3)C2)nc1. The average molecular weight is 295 g/mol. The lowest BCUT2D eigenvalue weighted by molar-refractivity contribution is 0.119. The molecule has 0 unspecified atom stereocenters. The highest BCUT2D eigenvalue weighted by molar-refractivity contribution is 5.27. The molecule has 1 saturated heterocycles. The van der Waals surface area contributed by atoms with Crippen molar-refractivity contribution in [1.29, 1.82) is 0 Å². The molecule has 0 aromatic carbocycles. The van der Waals surface area contributed by atoms with Crippen molar-refractivity contribution in [3.05, 3.63) is 48.5 Å². The molecule has 0 bridgehead atoms. The quantitative estimate of drug-likeness (QED) is 0.938. The fourth-order valence-electron chi connectivity index (χ4n) is 3.89. The van der Waals surface area contributed by atoms with E-state index in [9.17, 15) is 0 Å². The molecule has 1 spiro atoms. The predicted molar refractivity (Wildman–Crippen MR) is 85.2 cm³/mol. The standard InChI is InChI=1S/C17H21N5/c1-3-14(11-18-5-1)12-22-8-4-17(13-22)9-15(10-17)21-16-19-6-2-7-20-16/h1-3,5-7,11,15H,4,8-10,12-13H2,(H,19,20,21). The molecule has 114 valence electrons. The zero-order valence-corrected chi connectivity index (χ0v) is 12.7. The molecular weight excluding hydrogens is 274 g/mol. The summed E-state index contributed by atoms with van der Waals surface area (Å²) in [5.41, 5.74) is 1.82. The zero-order valence-electron chi connectivity index (χ0n) is 12.7. The molecule has 3 heterocycles. The van der Waals surface area contributed by atoms with Gasteiger partial charge in [0.25, 0.3) is 0 Å². The van der Waals surface area contributed by atoms with Gasteiger partial charge in [0.15, 0.2) is 0 Å². The number of likely N-dealkylation sites (tertiary alicyclic amines) is 1. The normalized spacial score (nSPS) is 27.7. The third-order valence-corrected chi connectivity index (χ3v) is 4.90. The van der Waals surface area contributed by atoms with Crippen LogP contribution in [0.2, 0.25) is 0 Å². The summed E-state index contributed by atoms with van der Waals surface area (Å²) in [4.78, 5) is 15.3. The van der Waals surface area contributed by atoms with Crippen LogP contribution in [-0.4, -0.2) is 39.0 Å². The van der Waals surface area contributed by atoms with Crippen LogP contribution in [-0.2, 0) is 6.54 Å². The molecule has 1 aliphatic heterocycles. The van der Waals surface area contributed by atoms with Crippen LogP contribution in [0.5, 0.6) is 0 Å². The van der Waals surface area contributed by atoms with Gasteiger partial charge in [0.1, 0.15) is 0 Å². The van der Waals surface area contributed by atoms with Crippen LogP contribution in [0.25, 0.3) is 0 Å². The van der Waals surface area contributed by atoms with Crippen molar-refractivity contribution in [1.82, 2.24) is 19.9 Å². The zero-order chi connectivity index (χ0) is 14.8. The van der Waals surface area contributed by atoms with Gasteiger partial charge in [-0.05, 0) is 48.9 Å². The minimum atomic E-state index is 0.509. The molecule has 2 aromatic rings. The summed E-state index contributed by atoms with van der Waals surface area (Å²) in [5, 5.41) is 3.44. The van der Waals surface area contributed by atoms with Gasteiger partial charge in [-0.1, -0.05) is 6.07 Å². The Labute approximate surface area is 130 Å². The van der Waals surface area contributed by atoms with Gasteiger partial charge < -0.3 is 5.32 Å². The Hall–Kier alpha value is -2.01. The number of hydrogen-bond acceptors (Lipinski definition) is 5. The lowest BCUT2D eigenvalue weighted by Crippen LogP contribution is -2.47. The van der Waals surface area contributed by atoms with E-state index >= 15 is 0 Å².